The van der Waals surface area contributed by atoms with Crippen LogP contribution in [0, 0.1) is 0 Å². The molecule has 0 aliphatic carbocycles. The van der Waals surface area contributed by atoms with Crippen molar-refractivity contribution in [3.05, 3.63) is 24.0 Å². The summed E-state index contributed by atoms with van der Waals surface area (Å²) in [7, 11) is 0. The molecule has 2 N–H and O–H groups in total. The summed E-state index contributed by atoms with van der Waals surface area (Å²) in [5, 5.41) is 11.5. The van der Waals surface area contributed by atoms with Crippen LogP contribution in [0.3, 0.4) is 0 Å². The van der Waals surface area contributed by atoms with Crippen molar-refractivity contribution in [3.8, 4) is 0 Å². The van der Waals surface area contributed by atoms with Crippen molar-refractivity contribution in [1.29, 1.82) is 0 Å². The molecule has 0 saturated carbocycles. The number of rotatable bonds is 8. The van der Waals surface area contributed by atoms with Gasteiger partial charge in [0.05, 0.1) is 6.61 Å². The van der Waals surface area contributed by atoms with Crippen LogP contribution in [0.15, 0.2) is 18.3 Å². The Balaban J connectivity index is 2.64. The predicted octanol–water partition coefficient (Wildman–Crippen LogP) is 1.03. The van der Waals surface area contributed by atoms with E-state index in [4.69, 9.17) is 9.84 Å². The first-order chi connectivity index (χ1) is 9.99. The fourth-order valence-electron chi connectivity index (χ4n) is 1.88. The van der Waals surface area contributed by atoms with Gasteiger partial charge in [-0.05, 0) is 32.4 Å². The van der Waals surface area contributed by atoms with Crippen molar-refractivity contribution in [2.75, 3.05) is 6.61 Å². The average Bonchev–Trinajstić information content (AvgIpc) is 2.91. The molecule has 21 heavy (non-hydrogen) atoms. The molecule has 7 heteroatoms. The maximum Gasteiger partial charge on any atom is 0.326 e. The van der Waals surface area contributed by atoms with Gasteiger partial charge in [-0.2, -0.15) is 0 Å². The minimum atomic E-state index is -1.18. The number of nitrogens with zero attached hydrogens (tertiary/aromatic N) is 1. The largest absolute Gasteiger partial charge is 0.480 e. The summed E-state index contributed by atoms with van der Waals surface area (Å²) >= 11 is 0. The number of aryl methyl sites for hydroxylation is 1. The van der Waals surface area contributed by atoms with E-state index >= 15 is 0 Å². The van der Waals surface area contributed by atoms with Gasteiger partial charge in [0.15, 0.2) is 0 Å². The first-order valence-corrected chi connectivity index (χ1v) is 6.84. The number of nitrogens with one attached hydrogen (secondary N) is 1. The molecule has 0 unspecified atom stereocenters. The summed E-state index contributed by atoms with van der Waals surface area (Å²) in [5.74, 6) is -2.13. The molecular formula is C14H20N2O5. The van der Waals surface area contributed by atoms with E-state index in [9.17, 15) is 14.4 Å². The first kappa shape index (κ1) is 16.7. The molecule has 1 rings (SSSR count). The Bertz CT molecular complexity index is 509. The van der Waals surface area contributed by atoms with Crippen LogP contribution in [0.2, 0.25) is 0 Å². The van der Waals surface area contributed by atoms with Crippen LogP contribution in [-0.2, 0) is 20.9 Å². The van der Waals surface area contributed by atoms with Crippen molar-refractivity contribution in [2.24, 2.45) is 0 Å². The zero-order valence-electron chi connectivity index (χ0n) is 12.2. The summed E-state index contributed by atoms with van der Waals surface area (Å²) in [4.78, 5) is 34.5. The highest BCUT2D eigenvalue weighted by atomic mass is 16.5. The van der Waals surface area contributed by atoms with Crippen LogP contribution in [0.1, 0.15) is 37.2 Å². The third-order valence-electron chi connectivity index (χ3n) is 2.95. The van der Waals surface area contributed by atoms with E-state index in [-0.39, 0.29) is 19.4 Å². The summed E-state index contributed by atoms with van der Waals surface area (Å²) in [6.07, 6.45) is 1.68. The Morgan fingerprint density at radius 3 is 2.67 bits per heavy atom. The lowest BCUT2D eigenvalue weighted by Crippen LogP contribution is -2.41. The molecule has 1 heterocycles. The van der Waals surface area contributed by atoms with Gasteiger partial charge in [-0.3, -0.25) is 9.59 Å². The van der Waals surface area contributed by atoms with Gasteiger partial charge in [-0.1, -0.05) is 0 Å². The van der Waals surface area contributed by atoms with Gasteiger partial charge < -0.3 is 19.7 Å². The maximum absolute atomic E-state index is 12.1. The van der Waals surface area contributed by atoms with Crippen LogP contribution in [0.25, 0.3) is 0 Å². The van der Waals surface area contributed by atoms with Crippen LogP contribution in [0.4, 0.5) is 0 Å². The highest BCUT2D eigenvalue weighted by Gasteiger charge is 2.23. The van der Waals surface area contributed by atoms with Gasteiger partial charge in [0.1, 0.15) is 11.7 Å². The van der Waals surface area contributed by atoms with Gasteiger partial charge in [0.2, 0.25) is 0 Å². The highest BCUT2D eigenvalue weighted by Crippen LogP contribution is 2.05. The molecule has 1 atom stereocenters. The van der Waals surface area contributed by atoms with Crippen LogP contribution < -0.4 is 5.32 Å². The number of esters is 1. The molecule has 0 bridgehead atoms. The second kappa shape index (κ2) is 8.08. The lowest BCUT2D eigenvalue weighted by molar-refractivity contribution is -0.144. The molecule has 0 fully saturated rings. The lowest BCUT2D eigenvalue weighted by atomic mass is 10.1. The number of aromatic nitrogens is 1. The van der Waals surface area contributed by atoms with Gasteiger partial charge >= 0.3 is 11.9 Å². The van der Waals surface area contributed by atoms with Crippen molar-refractivity contribution < 1.29 is 24.2 Å². The van der Waals surface area contributed by atoms with Crippen molar-refractivity contribution in [1.82, 2.24) is 9.88 Å². The number of amides is 1. The van der Waals surface area contributed by atoms with Gasteiger partial charge in [-0.25, -0.2) is 4.79 Å². The van der Waals surface area contributed by atoms with Gasteiger partial charge in [-0.15, -0.1) is 0 Å². The minimum Gasteiger partial charge on any atom is -0.480 e. The second-order valence-corrected chi connectivity index (χ2v) is 4.39. The Hall–Kier alpha value is -2.31. The fourth-order valence-corrected chi connectivity index (χ4v) is 1.88. The van der Waals surface area contributed by atoms with Gasteiger partial charge in [0, 0.05) is 19.2 Å². The van der Waals surface area contributed by atoms with Gasteiger partial charge in [0.25, 0.3) is 5.91 Å². The fraction of sp³-hybridized carbons (Fsp3) is 0.500. The summed E-state index contributed by atoms with van der Waals surface area (Å²) in [6.45, 7) is 4.41. The zero-order chi connectivity index (χ0) is 15.8. The molecule has 1 aromatic rings. The van der Waals surface area contributed by atoms with Crippen molar-refractivity contribution in [2.45, 2.75) is 39.3 Å². The topological polar surface area (TPSA) is 97.6 Å². The monoisotopic (exact) mass is 296 g/mol. The number of ether oxygens (including phenoxy) is 1. The number of carboxylic acids is 1. The van der Waals surface area contributed by atoms with Crippen molar-refractivity contribution in [3.63, 3.8) is 0 Å². The van der Waals surface area contributed by atoms with Crippen LogP contribution >= 0.6 is 0 Å². The quantitative estimate of drug-likeness (QED) is 0.698. The predicted molar refractivity (Wildman–Crippen MR) is 74.9 cm³/mol. The molecule has 1 aromatic heterocycles. The van der Waals surface area contributed by atoms with Crippen LogP contribution in [-0.4, -0.2) is 40.2 Å². The van der Waals surface area contributed by atoms with E-state index < -0.39 is 23.9 Å². The molecule has 116 valence electrons. The molecule has 0 aliphatic rings. The molecule has 0 aliphatic heterocycles. The van der Waals surface area contributed by atoms with E-state index in [0.717, 1.165) is 0 Å². The Labute approximate surface area is 122 Å². The third-order valence-corrected chi connectivity index (χ3v) is 2.95. The Kier molecular flexibility index (Phi) is 6.45. The average molecular weight is 296 g/mol. The third kappa shape index (κ3) is 4.94. The number of carbonyl (C=O) groups is 3. The molecule has 1 amide bonds. The normalized spacial score (nSPS) is 11.7. The smallest absolute Gasteiger partial charge is 0.326 e. The molecular weight excluding hydrogens is 276 g/mol. The zero-order valence-corrected chi connectivity index (χ0v) is 12.2. The summed E-state index contributed by atoms with van der Waals surface area (Å²) in [5.41, 5.74) is 0.389. The first-order valence-electron chi connectivity index (χ1n) is 6.84. The minimum absolute atomic E-state index is 0.00720. The van der Waals surface area contributed by atoms with E-state index in [2.05, 4.69) is 5.32 Å². The number of aliphatic carboxylic acids is 1. The maximum atomic E-state index is 12.1. The van der Waals surface area contributed by atoms with Crippen molar-refractivity contribution >= 4 is 17.8 Å². The molecule has 0 aromatic carbocycles. The Morgan fingerprint density at radius 1 is 1.38 bits per heavy atom. The van der Waals surface area contributed by atoms with E-state index in [1.54, 1.807) is 29.8 Å². The van der Waals surface area contributed by atoms with E-state index in [0.29, 0.717) is 12.2 Å². The second-order valence-electron chi connectivity index (χ2n) is 4.39. The standard InChI is InChI=1S/C14H20N2O5/c1-3-16-9-5-6-11(16)13(18)15-10(14(19)20)7-8-12(17)21-4-2/h5-6,9-10H,3-4,7-8H2,1-2H3,(H,15,18)(H,19,20)/t10-/m0/s1. The summed E-state index contributed by atoms with van der Waals surface area (Å²) in [6, 6.07) is 2.21. The number of carbonyl (C=O) groups excluding carboxylic acids is 2. The van der Waals surface area contributed by atoms with E-state index in [1.165, 1.54) is 0 Å². The highest BCUT2D eigenvalue weighted by molar-refractivity contribution is 5.95. The molecule has 0 radical (unpaired) electrons. The summed E-state index contributed by atoms with van der Waals surface area (Å²) < 4.78 is 6.44. The molecule has 7 nitrogen and oxygen atoms in total. The SMILES string of the molecule is CCOC(=O)CC[C@H](NC(=O)c1cccn1CC)C(=O)O. The van der Waals surface area contributed by atoms with Crippen LogP contribution in [0.5, 0.6) is 0 Å². The molecule has 0 spiro atoms. The lowest BCUT2D eigenvalue weighted by Gasteiger charge is -2.15. The number of carboxylic acid groups (broad SMARTS) is 1. The number of hydrogen-bond donors (Lipinski definition) is 2. The van der Waals surface area contributed by atoms with E-state index in [1.807, 2.05) is 6.92 Å². The molecule has 0 saturated heterocycles. The Morgan fingerprint density at radius 2 is 2.10 bits per heavy atom. The number of hydrogen-bond acceptors (Lipinski definition) is 4.